The predicted octanol–water partition coefficient (Wildman–Crippen LogP) is 2.28. The quantitative estimate of drug-likeness (QED) is 0.274. The summed E-state index contributed by atoms with van der Waals surface area (Å²) in [5, 5.41) is 3.48. The van der Waals surface area contributed by atoms with Gasteiger partial charge in [-0.2, -0.15) is 0 Å². The van der Waals surface area contributed by atoms with Crippen LogP contribution in [-0.4, -0.2) is 101 Å². The van der Waals surface area contributed by atoms with Crippen molar-refractivity contribution < 1.29 is 19.0 Å². The van der Waals surface area contributed by atoms with Crippen molar-refractivity contribution >= 4 is 35.8 Å². The van der Waals surface area contributed by atoms with Crippen molar-refractivity contribution in [1.82, 2.24) is 20.0 Å². The standard InChI is InChI=1S/C23H39N5O4.HI/c1-8-17(2)25-23(24-15-21(29)26(3)4)28-11-9-27(10-12-28)16-18-13-19(30-5)22(32-7)20(14-18)31-6;/h13-14,17H,8-12,15-16H2,1-7H3,(H,24,25);1H. The van der Waals surface area contributed by atoms with Gasteiger partial charge in [-0.25, -0.2) is 4.99 Å². The molecule has 0 aromatic heterocycles. The fourth-order valence-corrected chi connectivity index (χ4v) is 3.45. The molecular formula is C23H40IN5O4. The van der Waals surface area contributed by atoms with Gasteiger partial charge in [0, 0.05) is 52.9 Å². The van der Waals surface area contributed by atoms with Crippen molar-refractivity contribution in [3.63, 3.8) is 0 Å². The number of methoxy groups -OCH3 is 3. The Labute approximate surface area is 215 Å². The maximum atomic E-state index is 12.0. The number of hydrogen-bond acceptors (Lipinski definition) is 6. The molecule has 9 nitrogen and oxygen atoms in total. The fourth-order valence-electron chi connectivity index (χ4n) is 3.45. The van der Waals surface area contributed by atoms with Gasteiger partial charge in [0.1, 0.15) is 6.54 Å². The minimum atomic E-state index is -0.00510. The van der Waals surface area contributed by atoms with Crippen LogP contribution < -0.4 is 19.5 Å². The molecule has 0 bridgehead atoms. The lowest BCUT2D eigenvalue weighted by Gasteiger charge is -2.37. The zero-order valence-electron chi connectivity index (χ0n) is 21.0. The average molecular weight is 578 g/mol. The van der Waals surface area contributed by atoms with Gasteiger partial charge in [-0.3, -0.25) is 9.69 Å². The van der Waals surface area contributed by atoms with Gasteiger partial charge in [-0.15, -0.1) is 24.0 Å². The topological polar surface area (TPSA) is 78.9 Å². The van der Waals surface area contributed by atoms with E-state index in [1.807, 2.05) is 12.1 Å². The molecule has 1 N–H and O–H groups in total. The molecule has 1 aromatic carbocycles. The van der Waals surface area contributed by atoms with Crippen molar-refractivity contribution in [3.05, 3.63) is 17.7 Å². The number of likely N-dealkylation sites (N-methyl/N-ethyl adjacent to an activating group) is 1. The molecule has 0 saturated carbocycles. The molecule has 2 rings (SSSR count). The lowest BCUT2D eigenvalue weighted by Crippen LogP contribution is -2.53. The molecule has 33 heavy (non-hydrogen) atoms. The van der Waals surface area contributed by atoms with Gasteiger partial charge >= 0.3 is 0 Å². The number of carbonyl (C=O) groups is 1. The van der Waals surface area contributed by atoms with Crippen molar-refractivity contribution in [3.8, 4) is 17.2 Å². The molecule has 188 valence electrons. The molecule has 1 unspecified atom stereocenters. The van der Waals surface area contributed by atoms with E-state index in [0.29, 0.717) is 23.3 Å². The number of aliphatic imine (C=N–C) groups is 1. The Morgan fingerprint density at radius 2 is 1.67 bits per heavy atom. The molecule has 0 aliphatic carbocycles. The van der Waals surface area contributed by atoms with E-state index in [0.717, 1.165) is 50.7 Å². The number of halogens is 1. The van der Waals surface area contributed by atoms with Crippen LogP contribution in [-0.2, 0) is 11.3 Å². The minimum absolute atomic E-state index is 0. The van der Waals surface area contributed by atoms with Gasteiger partial charge in [0.05, 0.1) is 21.3 Å². The van der Waals surface area contributed by atoms with Gasteiger partial charge in [-0.1, -0.05) is 6.92 Å². The van der Waals surface area contributed by atoms with Crippen LogP contribution in [0, 0.1) is 0 Å². The van der Waals surface area contributed by atoms with Gasteiger partial charge in [0.25, 0.3) is 0 Å². The molecule has 1 aliphatic rings. The van der Waals surface area contributed by atoms with E-state index in [9.17, 15) is 4.79 Å². The Morgan fingerprint density at radius 1 is 1.09 bits per heavy atom. The third-order valence-electron chi connectivity index (χ3n) is 5.65. The maximum Gasteiger partial charge on any atom is 0.243 e. The second-order valence-corrected chi connectivity index (χ2v) is 8.18. The van der Waals surface area contributed by atoms with Crippen LogP contribution in [0.25, 0.3) is 0 Å². The summed E-state index contributed by atoms with van der Waals surface area (Å²) in [4.78, 5) is 22.8. The number of ether oxygens (including phenoxy) is 3. The van der Waals surface area contributed by atoms with Crippen LogP contribution in [0.4, 0.5) is 0 Å². The van der Waals surface area contributed by atoms with Crippen LogP contribution in [0.15, 0.2) is 17.1 Å². The highest BCUT2D eigenvalue weighted by Gasteiger charge is 2.22. The summed E-state index contributed by atoms with van der Waals surface area (Å²) in [5.74, 6) is 2.74. The Bertz CT molecular complexity index is 757. The second-order valence-electron chi connectivity index (χ2n) is 8.18. The molecule has 1 amide bonds. The molecule has 1 atom stereocenters. The highest BCUT2D eigenvalue weighted by Crippen LogP contribution is 2.38. The first-order valence-corrected chi connectivity index (χ1v) is 11.1. The summed E-state index contributed by atoms with van der Waals surface area (Å²) in [5.41, 5.74) is 1.11. The highest BCUT2D eigenvalue weighted by molar-refractivity contribution is 14.0. The van der Waals surface area contributed by atoms with Crippen LogP contribution in [0.5, 0.6) is 17.2 Å². The van der Waals surface area contributed by atoms with Crippen molar-refractivity contribution in [1.29, 1.82) is 0 Å². The molecule has 10 heteroatoms. The second kappa shape index (κ2) is 14.3. The number of nitrogens with one attached hydrogen (secondary N) is 1. The summed E-state index contributed by atoms with van der Waals surface area (Å²) in [6.45, 7) is 8.65. The first-order chi connectivity index (χ1) is 15.3. The van der Waals surface area contributed by atoms with Crippen molar-refractivity contribution in [2.45, 2.75) is 32.9 Å². The van der Waals surface area contributed by atoms with E-state index < -0.39 is 0 Å². The van der Waals surface area contributed by atoms with Crippen LogP contribution in [0.2, 0.25) is 0 Å². The summed E-state index contributed by atoms with van der Waals surface area (Å²) in [6.07, 6.45) is 0.988. The van der Waals surface area contributed by atoms with Gasteiger partial charge in [0.15, 0.2) is 17.5 Å². The number of piperazine rings is 1. The molecule has 1 aromatic rings. The van der Waals surface area contributed by atoms with E-state index in [1.165, 1.54) is 0 Å². The SMILES string of the molecule is CCC(C)NC(=NCC(=O)N(C)C)N1CCN(Cc2cc(OC)c(OC)c(OC)c2)CC1.I. The number of guanidine groups is 1. The molecule has 1 heterocycles. The molecule has 1 saturated heterocycles. The van der Waals surface area contributed by atoms with Gasteiger partial charge < -0.3 is 29.3 Å². The van der Waals surface area contributed by atoms with E-state index in [4.69, 9.17) is 14.2 Å². The number of benzene rings is 1. The Kier molecular flexibility index (Phi) is 12.6. The predicted molar refractivity (Wildman–Crippen MR) is 142 cm³/mol. The Hall–Kier alpha value is -1.95. The number of hydrogen-bond donors (Lipinski definition) is 1. The third kappa shape index (κ3) is 8.40. The molecular weight excluding hydrogens is 537 g/mol. The minimum Gasteiger partial charge on any atom is -0.493 e. The molecule has 0 radical (unpaired) electrons. The zero-order chi connectivity index (χ0) is 23.7. The average Bonchev–Trinajstić information content (AvgIpc) is 2.80. The summed E-state index contributed by atoms with van der Waals surface area (Å²) >= 11 is 0. The molecule has 1 fully saturated rings. The number of rotatable bonds is 9. The van der Waals surface area contributed by atoms with E-state index in [-0.39, 0.29) is 36.4 Å². The maximum absolute atomic E-state index is 12.0. The number of nitrogens with zero attached hydrogens (tertiary/aromatic N) is 4. The van der Waals surface area contributed by atoms with E-state index >= 15 is 0 Å². The third-order valence-corrected chi connectivity index (χ3v) is 5.65. The first-order valence-electron chi connectivity index (χ1n) is 11.1. The first kappa shape index (κ1) is 29.1. The van der Waals surface area contributed by atoms with Gasteiger partial charge in [-0.05, 0) is 31.0 Å². The largest absolute Gasteiger partial charge is 0.493 e. The molecule has 1 aliphatic heterocycles. The van der Waals surface area contributed by atoms with E-state index in [1.54, 1.807) is 40.3 Å². The van der Waals surface area contributed by atoms with Crippen molar-refractivity contribution in [2.75, 3.05) is 68.1 Å². The normalized spacial score (nSPS) is 15.4. The number of amides is 1. The van der Waals surface area contributed by atoms with Gasteiger partial charge in [0.2, 0.25) is 11.7 Å². The Morgan fingerprint density at radius 3 is 2.12 bits per heavy atom. The summed E-state index contributed by atoms with van der Waals surface area (Å²) in [7, 11) is 8.37. The van der Waals surface area contributed by atoms with Crippen molar-refractivity contribution in [2.24, 2.45) is 4.99 Å². The lowest BCUT2D eigenvalue weighted by molar-refractivity contribution is -0.127. The Balaban J connectivity index is 0.00000544. The smallest absolute Gasteiger partial charge is 0.243 e. The van der Waals surface area contributed by atoms with Crippen LogP contribution >= 0.6 is 24.0 Å². The lowest BCUT2D eigenvalue weighted by atomic mass is 10.1. The summed E-state index contributed by atoms with van der Waals surface area (Å²) < 4.78 is 16.4. The summed E-state index contributed by atoms with van der Waals surface area (Å²) in [6, 6.07) is 4.29. The fraction of sp³-hybridized carbons (Fsp3) is 0.652. The highest BCUT2D eigenvalue weighted by atomic mass is 127. The molecule has 0 spiro atoms. The van der Waals surface area contributed by atoms with Crippen LogP contribution in [0.1, 0.15) is 25.8 Å². The monoisotopic (exact) mass is 577 g/mol. The van der Waals surface area contributed by atoms with Crippen LogP contribution in [0.3, 0.4) is 0 Å². The van der Waals surface area contributed by atoms with E-state index in [2.05, 4.69) is 34.0 Å². The zero-order valence-corrected chi connectivity index (χ0v) is 23.3. The number of carbonyl (C=O) groups excluding carboxylic acids is 1.